The van der Waals surface area contributed by atoms with Gasteiger partial charge in [-0.3, -0.25) is 24.6 Å². The quantitative estimate of drug-likeness (QED) is 0.640. The largest absolute Gasteiger partial charge is 0.306 e. The number of hydrogen-bond acceptors (Lipinski definition) is 4. The monoisotopic (exact) mass is 325 g/mol. The van der Waals surface area contributed by atoms with Crippen LogP contribution in [0.2, 0.25) is 0 Å². The van der Waals surface area contributed by atoms with Crippen molar-refractivity contribution in [3.63, 3.8) is 0 Å². The highest BCUT2D eigenvalue weighted by Crippen LogP contribution is 2.54. The standard InChI is InChI=1S/C18H19N3O3/c1-4-9-21-12-8-6-5-7-11(12)18(17(21)24)14-13(10(2)19-18)15(22)20(3)16(14)23/h4-8,10,13-14,19H,1,9H2,2-3H3. The molecule has 2 fully saturated rings. The number of benzene rings is 1. The first-order valence-corrected chi connectivity index (χ1v) is 8.06. The maximum Gasteiger partial charge on any atom is 0.253 e. The second-order valence-electron chi connectivity index (χ2n) is 6.70. The molecule has 0 bridgehead atoms. The van der Waals surface area contributed by atoms with Crippen molar-refractivity contribution in [3.05, 3.63) is 42.5 Å². The molecule has 4 unspecified atom stereocenters. The number of fused-ring (bicyclic) bond motifs is 4. The highest BCUT2D eigenvalue weighted by atomic mass is 16.2. The maximum atomic E-state index is 13.4. The average molecular weight is 325 g/mol. The van der Waals surface area contributed by atoms with Crippen LogP contribution in [0.5, 0.6) is 0 Å². The van der Waals surface area contributed by atoms with Gasteiger partial charge >= 0.3 is 0 Å². The number of nitrogens with zero attached hydrogens (tertiary/aromatic N) is 2. The number of anilines is 1. The third kappa shape index (κ3) is 1.52. The predicted octanol–water partition coefficient (Wildman–Crippen LogP) is 0.637. The topological polar surface area (TPSA) is 69.7 Å². The first-order chi connectivity index (χ1) is 11.4. The second-order valence-corrected chi connectivity index (χ2v) is 6.70. The summed E-state index contributed by atoms with van der Waals surface area (Å²) in [5.41, 5.74) is 0.381. The lowest BCUT2D eigenvalue weighted by Gasteiger charge is -2.29. The number of hydrogen-bond donors (Lipinski definition) is 1. The van der Waals surface area contributed by atoms with E-state index in [1.807, 2.05) is 31.2 Å². The number of amides is 3. The van der Waals surface area contributed by atoms with Gasteiger partial charge in [0.1, 0.15) is 5.54 Å². The third-order valence-corrected chi connectivity index (χ3v) is 5.55. The Morgan fingerprint density at radius 1 is 1.25 bits per heavy atom. The van der Waals surface area contributed by atoms with Crippen LogP contribution in [0, 0.1) is 11.8 Å². The summed E-state index contributed by atoms with van der Waals surface area (Å²) in [6.45, 7) is 5.95. The Labute approximate surface area is 140 Å². The average Bonchev–Trinajstić information content (AvgIpc) is 3.10. The molecule has 124 valence electrons. The number of imide groups is 1. The van der Waals surface area contributed by atoms with Crippen LogP contribution in [0.4, 0.5) is 5.69 Å². The van der Waals surface area contributed by atoms with E-state index in [4.69, 9.17) is 0 Å². The molecule has 0 saturated carbocycles. The predicted molar refractivity (Wildman–Crippen MR) is 88.0 cm³/mol. The highest BCUT2D eigenvalue weighted by molar-refractivity contribution is 6.15. The first kappa shape index (κ1) is 15.1. The molecular weight excluding hydrogens is 306 g/mol. The third-order valence-electron chi connectivity index (χ3n) is 5.55. The Bertz CT molecular complexity index is 789. The number of nitrogens with one attached hydrogen (secondary N) is 1. The molecule has 1 N–H and O–H groups in total. The van der Waals surface area contributed by atoms with Gasteiger partial charge in [0.2, 0.25) is 11.8 Å². The molecule has 3 amide bonds. The zero-order chi connectivity index (χ0) is 17.2. The lowest BCUT2D eigenvalue weighted by Crippen LogP contribution is -2.54. The van der Waals surface area contributed by atoms with Gasteiger partial charge in [-0.2, -0.15) is 0 Å². The lowest BCUT2D eigenvalue weighted by molar-refractivity contribution is -0.141. The Morgan fingerprint density at radius 3 is 2.67 bits per heavy atom. The number of likely N-dealkylation sites (tertiary alicyclic amines) is 1. The molecule has 1 aromatic carbocycles. The van der Waals surface area contributed by atoms with Crippen LogP contribution in [-0.2, 0) is 19.9 Å². The van der Waals surface area contributed by atoms with Crippen molar-refractivity contribution in [1.29, 1.82) is 0 Å². The van der Waals surface area contributed by atoms with Gasteiger partial charge in [-0.05, 0) is 13.0 Å². The van der Waals surface area contributed by atoms with E-state index < -0.39 is 17.4 Å². The molecule has 3 aliphatic rings. The summed E-state index contributed by atoms with van der Waals surface area (Å²) in [5.74, 6) is -1.89. The molecule has 1 aromatic rings. The van der Waals surface area contributed by atoms with Gasteiger partial charge in [-0.25, -0.2) is 0 Å². The summed E-state index contributed by atoms with van der Waals surface area (Å²) in [6.07, 6.45) is 1.66. The zero-order valence-electron chi connectivity index (χ0n) is 13.7. The summed E-state index contributed by atoms with van der Waals surface area (Å²) < 4.78 is 0. The van der Waals surface area contributed by atoms with Crippen molar-refractivity contribution in [2.45, 2.75) is 18.5 Å². The fourth-order valence-corrected chi connectivity index (χ4v) is 4.56. The van der Waals surface area contributed by atoms with Crippen LogP contribution in [0.25, 0.3) is 0 Å². The van der Waals surface area contributed by atoms with Gasteiger partial charge in [-0.1, -0.05) is 24.3 Å². The van der Waals surface area contributed by atoms with Crippen LogP contribution < -0.4 is 10.2 Å². The maximum absolute atomic E-state index is 13.4. The summed E-state index contributed by atoms with van der Waals surface area (Å²) in [4.78, 5) is 41.5. The second kappa shape index (κ2) is 4.77. The Kier molecular flexibility index (Phi) is 3.00. The number of carbonyl (C=O) groups excluding carboxylic acids is 3. The minimum absolute atomic E-state index is 0.181. The summed E-state index contributed by atoms with van der Waals surface area (Å²) in [7, 11) is 1.50. The van der Waals surface area contributed by atoms with Gasteiger partial charge in [0.25, 0.3) is 5.91 Å². The molecule has 4 atom stereocenters. The minimum atomic E-state index is -1.17. The van der Waals surface area contributed by atoms with Crippen LogP contribution >= 0.6 is 0 Å². The Hall–Kier alpha value is -2.47. The molecule has 0 aromatic heterocycles. The van der Waals surface area contributed by atoms with Crippen molar-refractivity contribution in [1.82, 2.24) is 10.2 Å². The van der Waals surface area contributed by atoms with Gasteiger partial charge in [0, 0.05) is 30.9 Å². The van der Waals surface area contributed by atoms with E-state index in [0.717, 1.165) is 11.3 Å². The van der Waals surface area contributed by atoms with E-state index in [1.54, 1.807) is 11.0 Å². The lowest BCUT2D eigenvalue weighted by atomic mass is 9.76. The Morgan fingerprint density at radius 2 is 1.96 bits per heavy atom. The normalized spacial score (nSPS) is 34.2. The summed E-state index contributed by atoms with van der Waals surface area (Å²) in [6, 6.07) is 7.21. The van der Waals surface area contributed by atoms with Gasteiger partial charge in [-0.15, -0.1) is 6.58 Å². The minimum Gasteiger partial charge on any atom is -0.306 e. The molecule has 24 heavy (non-hydrogen) atoms. The molecular formula is C18H19N3O3. The van der Waals surface area contributed by atoms with E-state index in [2.05, 4.69) is 11.9 Å². The smallest absolute Gasteiger partial charge is 0.253 e. The number of para-hydroxylation sites is 1. The molecule has 3 aliphatic heterocycles. The van der Waals surface area contributed by atoms with Gasteiger partial charge < -0.3 is 4.90 Å². The van der Waals surface area contributed by atoms with Gasteiger partial charge in [0.05, 0.1) is 11.8 Å². The van der Waals surface area contributed by atoms with E-state index in [0.29, 0.717) is 6.54 Å². The fourth-order valence-electron chi connectivity index (χ4n) is 4.56. The van der Waals surface area contributed by atoms with Crippen molar-refractivity contribution < 1.29 is 14.4 Å². The van der Waals surface area contributed by atoms with E-state index >= 15 is 0 Å². The van der Waals surface area contributed by atoms with Crippen molar-refractivity contribution in [2.24, 2.45) is 11.8 Å². The van der Waals surface area contributed by atoms with Gasteiger partial charge in [0.15, 0.2) is 0 Å². The van der Waals surface area contributed by atoms with Crippen molar-refractivity contribution in [2.75, 3.05) is 18.5 Å². The molecule has 6 heteroatoms. The van der Waals surface area contributed by atoms with Crippen molar-refractivity contribution in [3.8, 4) is 0 Å². The van der Waals surface area contributed by atoms with Crippen molar-refractivity contribution >= 4 is 23.4 Å². The van der Waals surface area contributed by atoms with E-state index in [9.17, 15) is 14.4 Å². The fraction of sp³-hybridized carbons (Fsp3) is 0.389. The first-order valence-electron chi connectivity index (χ1n) is 8.06. The molecule has 3 heterocycles. The SMILES string of the molecule is C=CCN1C(=O)C2(NC(C)C3C(=O)N(C)C(=O)C32)c2ccccc21. The van der Waals surface area contributed by atoms with Crippen LogP contribution in [0.15, 0.2) is 36.9 Å². The molecule has 0 radical (unpaired) electrons. The molecule has 2 saturated heterocycles. The molecule has 0 aliphatic carbocycles. The van der Waals surface area contributed by atoms with E-state index in [1.165, 1.54) is 11.9 Å². The van der Waals surface area contributed by atoms with Crippen LogP contribution in [0.1, 0.15) is 12.5 Å². The highest BCUT2D eigenvalue weighted by Gasteiger charge is 2.70. The summed E-state index contributed by atoms with van der Waals surface area (Å²) in [5, 5.41) is 3.31. The number of carbonyl (C=O) groups is 3. The Balaban J connectivity index is 1.95. The molecule has 1 spiro atoms. The molecule has 4 rings (SSSR count). The summed E-state index contributed by atoms with van der Waals surface area (Å²) >= 11 is 0. The van der Waals surface area contributed by atoms with Crippen LogP contribution in [0.3, 0.4) is 0 Å². The number of rotatable bonds is 2. The van der Waals surface area contributed by atoms with Crippen LogP contribution in [-0.4, -0.2) is 42.3 Å². The zero-order valence-corrected chi connectivity index (χ0v) is 13.7. The molecule has 6 nitrogen and oxygen atoms in total. The van der Waals surface area contributed by atoms with E-state index in [-0.39, 0.29) is 23.8 Å².